The van der Waals surface area contributed by atoms with Crippen molar-refractivity contribution >= 4 is 5.69 Å². The van der Waals surface area contributed by atoms with Crippen molar-refractivity contribution in [2.45, 2.75) is 26.3 Å². The van der Waals surface area contributed by atoms with Crippen molar-refractivity contribution in [3.05, 3.63) is 41.7 Å². The van der Waals surface area contributed by atoms with Crippen LogP contribution in [0, 0.1) is 0 Å². The Morgan fingerprint density at radius 3 is 2.82 bits per heavy atom. The van der Waals surface area contributed by atoms with E-state index >= 15 is 0 Å². The molecule has 0 bridgehead atoms. The van der Waals surface area contributed by atoms with E-state index in [-0.39, 0.29) is 0 Å². The molecule has 1 heterocycles. The number of benzene rings is 1. The number of anilines is 1. The van der Waals surface area contributed by atoms with Gasteiger partial charge in [-0.3, -0.25) is 4.68 Å². The van der Waals surface area contributed by atoms with Gasteiger partial charge in [-0.15, -0.1) is 5.10 Å². The van der Waals surface area contributed by atoms with Gasteiger partial charge in [-0.05, 0) is 23.6 Å². The van der Waals surface area contributed by atoms with Crippen LogP contribution in [0.1, 0.15) is 31.0 Å². The molecule has 2 rings (SSSR count). The van der Waals surface area contributed by atoms with E-state index in [0.717, 1.165) is 17.9 Å². The van der Waals surface area contributed by atoms with Crippen LogP contribution >= 0.6 is 0 Å². The van der Waals surface area contributed by atoms with E-state index < -0.39 is 0 Å². The molecule has 0 aliphatic heterocycles. The van der Waals surface area contributed by atoms with Crippen LogP contribution in [0.2, 0.25) is 0 Å². The van der Waals surface area contributed by atoms with Crippen LogP contribution < -0.4 is 5.32 Å². The molecule has 0 radical (unpaired) electrons. The molecular weight excluding hydrogens is 212 g/mol. The number of aromatic nitrogens is 3. The minimum absolute atomic E-state index is 0.551. The summed E-state index contributed by atoms with van der Waals surface area (Å²) in [6, 6.07) is 8.50. The van der Waals surface area contributed by atoms with Crippen LogP contribution in [0.25, 0.3) is 0 Å². The van der Waals surface area contributed by atoms with Crippen LogP contribution in [0.15, 0.2) is 30.5 Å². The van der Waals surface area contributed by atoms with Gasteiger partial charge in [0.1, 0.15) is 0 Å². The van der Waals surface area contributed by atoms with E-state index in [1.54, 1.807) is 10.9 Å². The smallest absolute Gasteiger partial charge is 0.0774 e. The second-order valence-corrected chi connectivity index (χ2v) is 4.48. The Balaban J connectivity index is 2.04. The summed E-state index contributed by atoms with van der Waals surface area (Å²) in [5.74, 6) is 0.551. The quantitative estimate of drug-likeness (QED) is 0.877. The Morgan fingerprint density at radius 1 is 1.35 bits per heavy atom. The number of hydrogen-bond donors (Lipinski definition) is 1. The average molecular weight is 230 g/mol. The van der Waals surface area contributed by atoms with Gasteiger partial charge in [0, 0.05) is 12.7 Å². The van der Waals surface area contributed by atoms with Gasteiger partial charge in [0.05, 0.1) is 18.4 Å². The Bertz CT molecular complexity index is 488. The zero-order valence-electron chi connectivity index (χ0n) is 10.5. The highest BCUT2D eigenvalue weighted by Crippen LogP contribution is 2.18. The predicted octanol–water partition coefficient (Wildman–Crippen LogP) is 2.55. The van der Waals surface area contributed by atoms with Crippen molar-refractivity contribution in [3.63, 3.8) is 0 Å². The molecule has 0 spiro atoms. The van der Waals surface area contributed by atoms with Gasteiger partial charge in [0.2, 0.25) is 0 Å². The lowest BCUT2D eigenvalue weighted by molar-refractivity contribution is 0.683. The zero-order valence-corrected chi connectivity index (χ0v) is 10.5. The Kier molecular flexibility index (Phi) is 3.42. The number of rotatable bonds is 4. The largest absolute Gasteiger partial charge is 0.379 e. The summed E-state index contributed by atoms with van der Waals surface area (Å²) in [6.07, 6.45) is 1.78. The van der Waals surface area contributed by atoms with Crippen LogP contribution in [-0.4, -0.2) is 15.0 Å². The van der Waals surface area contributed by atoms with Gasteiger partial charge >= 0.3 is 0 Å². The Labute approximate surface area is 102 Å². The number of aryl methyl sites for hydroxylation is 1. The second-order valence-electron chi connectivity index (χ2n) is 4.48. The molecule has 1 N–H and O–H groups in total. The van der Waals surface area contributed by atoms with Crippen LogP contribution in [-0.2, 0) is 13.6 Å². The third-order valence-electron chi connectivity index (χ3n) is 2.84. The molecule has 0 aliphatic rings. The molecule has 4 heteroatoms. The molecule has 0 saturated carbocycles. The highest BCUT2D eigenvalue weighted by molar-refractivity contribution is 5.46. The van der Waals surface area contributed by atoms with E-state index in [4.69, 9.17) is 0 Å². The first-order chi connectivity index (χ1) is 8.16. The van der Waals surface area contributed by atoms with Crippen LogP contribution in [0.4, 0.5) is 5.69 Å². The van der Waals surface area contributed by atoms with Gasteiger partial charge in [-0.1, -0.05) is 31.2 Å². The number of nitrogens with zero attached hydrogens (tertiary/aromatic N) is 3. The topological polar surface area (TPSA) is 42.7 Å². The van der Waals surface area contributed by atoms with Gasteiger partial charge in [0.15, 0.2) is 0 Å². The molecule has 0 fully saturated rings. The molecule has 0 saturated heterocycles. The fourth-order valence-electron chi connectivity index (χ4n) is 1.67. The standard InChI is InChI=1S/C13H18N4/c1-10(2)11-5-4-6-12(7-11)14-8-13-9-15-16-17(13)3/h4-7,9-10,14H,8H2,1-3H3. The summed E-state index contributed by atoms with van der Waals surface area (Å²) >= 11 is 0. The maximum atomic E-state index is 3.90. The molecule has 4 nitrogen and oxygen atoms in total. The highest BCUT2D eigenvalue weighted by Gasteiger charge is 2.02. The fourth-order valence-corrected chi connectivity index (χ4v) is 1.67. The number of hydrogen-bond acceptors (Lipinski definition) is 3. The lowest BCUT2D eigenvalue weighted by Crippen LogP contribution is -2.05. The maximum absolute atomic E-state index is 3.90. The second kappa shape index (κ2) is 4.99. The van der Waals surface area contributed by atoms with Crippen molar-refractivity contribution < 1.29 is 0 Å². The van der Waals surface area contributed by atoms with E-state index in [0.29, 0.717) is 5.92 Å². The molecular formula is C13H18N4. The summed E-state index contributed by atoms with van der Waals surface area (Å²) in [5, 5.41) is 11.1. The minimum Gasteiger partial charge on any atom is -0.379 e. The molecule has 0 amide bonds. The third-order valence-corrected chi connectivity index (χ3v) is 2.84. The monoisotopic (exact) mass is 230 g/mol. The minimum atomic E-state index is 0.551. The first-order valence-corrected chi connectivity index (χ1v) is 5.84. The molecule has 0 atom stereocenters. The van der Waals surface area contributed by atoms with Gasteiger partial charge in [-0.2, -0.15) is 0 Å². The number of nitrogens with one attached hydrogen (secondary N) is 1. The Hall–Kier alpha value is -1.84. The third kappa shape index (κ3) is 2.84. The summed E-state index contributed by atoms with van der Waals surface area (Å²) < 4.78 is 1.78. The molecule has 17 heavy (non-hydrogen) atoms. The van der Waals surface area contributed by atoms with Crippen LogP contribution in [0.3, 0.4) is 0 Å². The van der Waals surface area contributed by atoms with Crippen molar-refractivity contribution in [1.82, 2.24) is 15.0 Å². The van der Waals surface area contributed by atoms with Gasteiger partial charge in [-0.25, -0.2) is 0 Å². The van der Waals surface area contributed by atoms with Gasteiger partial charge in [0.25, 0.3) is 0 Å². The van der Waals surface area contributed by atoms with E-state index in [1.807, 2.05) is 7.05 Å². The summed E-state index contributed by atoms with van der Waals surface area (Å²) in [6.45, 7) is 5.14. The van der Waals surface area contributed by atoms with Crippen LogP contribution in [0.5, 0.6) is 0 Å². The lowest BCUT2D eigenvalue weighted by atomic mass is 10.0. The van der Waals surface area contributed by atoms with Crippen molar-refractivity contribution in [3.8, 4) is 0 Å². The summed E-state index contributed by atoms with van der Waals surface area (Å²) in [5.41, 5.74) is 3.55. The molecule has 90 valence electrons. The summed E-state index contributed by atoms with van der Waals surface area (Å²) in [7, 11) is 1.90. The molecule has 2 aromatic rings. The lowest BCUT2D eigenvalue weighted by Gasteiger charge is -2.10. The molecule has 0 aliphatic carbocycles. The molecule has 1 aromatic carbocycles. The first-order valence-electron chi connectivity index (χ1n) is 5.84. The van der Waals surface area contributed by atoms with Crippen molar-refractivity contribution in [1.29, 1.82) is 0 Å². The predicted molar refractivity (Wildman–Crippen MR) is 68.9 cm³/mol. The normalized spacial score (nSPS) is 10.8. The molecule has 1 aromatic heterocycles. The summed E-state index contributed by atoms with van der Waals surface area (Å²) in [4.78, 5) is 0. The van der Waals surface area contributed by atoms with E-state index in [1.165, 1.54) is 5.56 Å². The van der Waals surface area contributed by atoms with E-state index in [2.05, 4.69) is 53.7 Å². The van der Waals surface area contributed by atoms with Crippen molar-refractivity contribution in [2.75, 3.05) is 5.32 Å². The molecule has 0 unspecified atom stereocenters. The zero-order chi connectivity index (χ0) is 12.3. The fraction of sp³-hybridized carbons (Fsp3) is 0.385. The first kappa shape index (κ1) is 11.6. The SMILES string of the molecule is CC(C)c1cccc(NCc2cnnn2C)c1. The maximum Gasteiger partial charge on any atom is 0.0774 e. The van der Waals surface area contributed by atoms with Gasteiger partial charge < -0.3 is 5.32 Å². The average Bonchev–Trinajstić information content (AvgIpc) is 2.72. The van der Waals surface area contributed by atoms with Crippen molar-refractivity contribution in [2.24, 2.45) is 7.05 Å². The Morgan fingerprint density at radius 2 is 2.18 bits per heavy atom. The highest BCUT2D eigenvalue weighted by atomic mass is 15.4. The van der Waals surface area contributed by atoms with E-state index in [9.17, 15) is 0 Å².